The number of methoxy groups -OCH3 is 1. The highest BCUT2D eigenvalue weighted by Gasteiger charge is 2.37. The topological polar surface area (TPSA) is 41.6 Å². The van der Waals surface area contributed by atoms with Crippen LogP contribution in [-0.2, 0) is 11.3 Å². The fourth-order valence-electron chi connectivity index (χ4n) is 3.57. The number of ether oxygens (including phenoxy) is 1. The smallest absolute Gasteiger partial charge is 0.225 e. The monoisotopic (exact) mass is 334 g/mol. The number of benzene rings is 1. The molecule has 1 saturated carbocycles. The van der Waals surface area contributed by atoms with E-state index in [2.05, 4.69) is 17.1 Å². The van der Waals surface area contributed by atoms with Gasteiger partial charge < -0.3 is 15.0 Å². The Kier molecular flexibility index (Phi) is 5.39. The summed E-state index contributed by atoms with van der Waals surface area (Å²) in [4.78, 5) is 14.3. The molecule has 1 heterocycles. The number of nitrogens with zero attached hydrogens (tertiary/aromatic N) is 1. The van der Waals surface area contributed by atoms with E-state index in [0.29, 0.717) is 30.3 Å². The van der Waals surface area contributed by atoms with Gasteiger partial charge in [0, 0.05) is 31.6 Å². The van der Waals surface area contributed by atoms with Crippen LogP contribution in [0, 0.1) is 17.7 Å². The average molecular weight is 334 g/mol. The summed E-state index contributed by atoms with van der Waals surface area (Å²) in [6.45, 7) is 4.50. The molecule has 1 amide bonds. The highest BCUT2D eigenvalue weighted by atomic mass is 19.1. The number of hydrogen-bond acceptors (Lipinski definition) is 3. The van der Waals surface area contributed by atoms with Crippen LogP contribution in [-0.4, -0.2) is 37.0 Å². The van der Waals surface area contributed by atoms with Gasteiger partial charge in [-0.3, -0.25) is 4.79 Å². The van der Waals surface area contributed by atoms with Crippen molar-refractivity contribution in [1.82, 2.24) is 10.2 Å². The molecule has 3 rings (SSSR count). The maximum absolute atomic E-state index is 13.8. The van der Waals surface area contributed by atoms with Gasteiger partial charge in [-0.05, 0) is 42.9 Å². The minimum atomic E-state index is -0.325. The van der Waals surface area contributed by atoms with Gasteiger partial charge in [-0.15, -0.1) is 0 Å². The zero-order chi connectivity index (χ0) is 17.1. The van der Waals surface area contributed by atoms with E-state index >= 15 is 0 Å². The van der Waals surface area contributed by atoms with Crippen LogP contribution in [0.2, 0.25) is 0 Å². The predicted octanol–water partition coefficient (Wildman–Crippen LogP) is 2.96. The number of nitrogens with one attached hydrogen (secondary N) is 1. The van der Waals surface area contributed by atoms with Crippen molar-refractivity contribution in [3.8, 4) is 5.75 Å². The van der Waals surface area contributed by atoms with Gasteiger partial charge in [0.15, 0.2) is 11.6 Å². The van der Waals surface area contributed by atoms with Crippen molar-refractivity contribution < 1.29 is 13.9 Å². The third kappa shape index (κ3) is 3.89. The first kappa shape index (κ1) is 17.2. The van der Waals surface area contributed by atoms with Crippen molar-refractivity contribution in [2.75, 3.05) is 20.2 Å². The minimum absolute atomic E-state index is 0.275. The third-order valence-corrected chi connectivity index (χ3v) is 5.28. The lowest BCUT2D eigenvalue weighted by molar-refractivity contribution is -0.134. The molecule has 0 radical (unpaired) electrons. The molecule has 1 aromatic carbocycles. The molecule has 4 nitrogen and oxygen atoms in total. The van der Waals surface area contributed by atoms with E-state index in [1.54, 1.807) is 6.07 Å². The maximum Gasteiger partial charge on any atom is 0.225 e. The molecule has 1 N–H and O–H groups in total. The summed E-state index contributed by atoms with van der Waals surface area (Å²) in [5, 5.41) is 3.56. The van der Waals surface area contributed by atoms with Crippen LogP contribution < -0.4 is 10.1 Å². The molecule has 1 aliphatic heterocycles. The number of halogens is 1. The number of piperidine rings is 1. The van der Waals surface area contributed by atoms with Gasteiger partial charge in [0.2, 0.25) is 5.91 Å². The molecule has 2 atom stereocenters. The summed E-state index contributed by atoms with van der Waals surface area (Å²) in [7, 11) is 1.47. The second-order valence-corrected chi connectivity index (χ2v) is 6.97. The second-order valence-electron chi connectivity index (χ2n) is 6.97. The van der Waals surface area contributed by atoms with Gasteiger partial charge in [-0.1, -0.05) is 19.4 Å². The zero-order valence-electron chi connectivity index (χ0n) is 14.6. The van der Waals surface area contributed by atoms with Gasteiger partial charge in [0.05, 0.1) is 7.11 Å². The highest BCUT2D eigenvalue weighted by molar-refractivity contribution is 5.81. The van der Waals surface area contributed by atoms with Crippen molar-refractivity contribution in [3.05, 3.63) is 29.6 Å². The maximum atomic E-state index is 13.8. The minimum Gasteiger partial charge on any atom is -0.494 e. The molecule has 2 unspecified atom stereocenters. The van der Waals surface area contributed by atoms with Gasteiger partial charge in [-0.2, -0.15) is 0 Å². The van der Waals surface area contributed by atoms with Crippen LogP contribution in [0.5, 0.6) is 5.75 Å². The molecule has 5 heteroatoms. The molecule has 1 aliphatic carbocycles. The number of amides is 1. The van der Waals surface area contributed by atoms with Gasteiger partial charge >= 0.3 is 0 Å². The lowest BCUT2D eigenvalue weighted by atomic mass is 9.89. The summed E-state index contributed by atoms with van der Waals surface area (Å²) >= 11 is 0. The molecule has 1 saturated heterocycles. The first-order chi connectivity index (χ1) is 11.6. The lowest BCUT2D eigenvalue weighted by Crippen LogP contribution is -2.51. The number of carbonyl (C=O) groups excluding carboxylic acids is 1. The Labute approximate surface area is 143 Å². The Bertz CT molecular complexity index is 589. The first-order valence-electron chi connectivity index (χ1n) is 8.97. The molecule has 2 fully saturated rings. The summed E-state index contributed by atoms with van der Waals surface area (Å²) in [5.41, 5.74) is 0.916. The second kappa shape index (κ2) is 7.51. The molecular formula is C19H27FN2O2. The predicted molar refractivity (Wildman–Crippen MR) is 91.3 cm³/mol. The first-order valence-corrected chi connectivity index (χ1v) is 8.97. The summed E-state index contributed by atoms with van der Waals surface area (Å²) < 4.78 is 18.7. The third-order valence-electron chi connectivity index (χ3n) is 5.28. The Morgan fingerprint density at radius 1 is 1.38 bits per heavy atom. The molecule has 0 spiro atoms. The molecule has 0 aromatic heterocycles. The van der Waals surface area contributed by atoms with Crippen molar-refractivity contribution in [1.29, 1.82) is 0 Å². The zero-order valence-corrected chi connectivity index (χ0v) is 14.6. The molecule has 132 valence electrons. The summed E-state index contributed by atoms with van der Waals surface area (Å²) in [6, 6.07) is 5.46. The number of likely N-dealkylation sites (tertiary alicyclic amines) is 1. The molecule has 24 heavy (non-hydrogen) atoms. The number of rotatable bonds is 6. The fraction of sp³-hybridized carbons (Fsp3) is 0.632. The Hall–Kier alpha value is -1.62. The van der Waals surface area contributed by atoms with Crippen molar-refractivity contribution in [3.63, 3.8) is 0 Å². The van der Waals surface area contributed by atoms with Crippen LogP contribution >= 0.6 is 0 Å². The highest BCUT2D eigenvalue weighted by Crippen LogP contribution is 2.33. The van der Waals surface area contributed by atoms with Crippen molar-refractivity contribution in [2.24, 2.45) is 11.8 Å². The van der Waals surface area contributed by atoms with Crippen LogP contribution in [0.3, 0.4) is 0 Å². The Balaban J connectivity index is 1.55. The van der Waals surface area contributed by atoms with Gasteiger partial charge in [0.1, 0.15) is 0 Å². The average Bonchev–Trinajstić information content (AvgIpc) is 3.44. The Morgan fingerprint density at radius 3 is 2.79 bits per heavy atom. The summed E-state index contributed by atoms with van der Waals surface area (Å²) in [5.74, 6) is 1.06. The van der Waals surface area contributed by atoms with Crippen LogP contribution in [0.25, 0.3) is 0 Å². The van der Waals surface area contributed by atoms with E-state index in [4.69, 9.17) is 4.74 Å². The van der Waals surface area contributed by atoms with Crippen molar-refractivity contribution in [2.45, 2.75) is 45.2 Å². The van der Waals surface area contributed by atoms with Crippen LogP contribution in [0.15, 0.2) is 18.2 Å². The number of hydrogen-bond donors (Lipinski definition) is 1. The van der Waals surface area contributed by atoms with E-state index in [-0.39, 0.29) is 11.6 Å². The van der Waals surface area contributed by atoms with Crippen LogP contribution in [0.4, 0.5) is 4.39 Å². The normalized spacial score (nSPS) is 24.0. The van der Waals surface area contributed by atoms with E-state index in [9.17, 15) is 9.18 Å². The Morgan fingerprint density at radius 2 is 2.17 bits per heavy atom. The van der Waals surface area contributed by atoms with Crippen LogP contribution in [0.1, 0.15) is 38.2 Å². The lowest BCUT2D eigenvalue weighted by Gasteiger charge is -2.39. The fourth-order valence-corrected chi connectivity index (χ4v) is 3.57. The van der Waals surface area contributed by atoms with Gasteiger partial charge in [0.25, 0.3) is 0 Å². The number of carbonyl (C=O) groups is 1. The quantitative estimate of drug-likeness (QED) is 0.870. The standard InChI is InChI=1S/C19H27FN2O2/c1-3-14-12-22(19(23)15-5-6-15)9-8-17(14)21-11-13-4-7-18(24-2)16(20)10-13/h4,7,10,14-15,17,21H,3,5-6,8-9,11-12H2,1-2H3. The van der Waals surface area contributed by atoms with Gasteiger partial charge in [-0.25, -0.2) is 4.39 Å². The summed E-state index contributed by atoms with van der Waals surface area (Å²) in [6.07, 6.45) is 4.15. The van der Waals surface area contributed by atoms with E-state index < -0.39 is 0 Å². The largest absolute Gasteiger partial charge is 0.494 e. The van der Waals surface area contributed by atoms with E-state index in [1.165, 1.54) is 13.2 Å². The van der Waals surface area contributed by atoms with Crippen molar-refractivity contribution >= 4 is 5.91 Å². The molecule has 2 aliphatic rings. The van der Waals surface area contributed by atoms with E-state index in [1.807, 2.05) is 6.07 Å². The SMILES string of the molecule is CCC1CN(C(=O)C2CC2)CCC1NCc1ccc(OC)c(F)c1. The molecule has 0 bridgehead atoms. The molecular weight excluding hydrogens is 307 g/mol. The van der Waals surface area contributed by atoms with E-state index in [0.717, 1.165) is 44.3 Å². The molecule has 1 aromatic rings.